The van der Waals surface area contributed by atoms with Crippen LogP contribution in [0.1, 0.15) is 30.9 Å². The predicted molar refractivity (Wildman–Crippen MR) is 95.2 cm³/mol. The number of aromatic nitrogens is 2. The third-order valence-corrected chi connectivity index (χ3v) is 4.19. The molecule has 1 heterocycles. The van der Waals surface area contributed by atoms with Crippen LogP contribution < -0.4 is 5.56 Å². The van der Waals surface area contributed by atoms with E-state index in [0.717, 1.165) is 41.8 Å². The van der Waals surface area contributed by atoms with Gasteiger partial charge in [-0.25, -0.2) is 0 Å². The Kier molecular flexibility index (Phi) is 4.47. The van der Waals surface area contributed by atoms with Gasteiger partial charge in [-0.2, -0.15) is 0 Å². The van der Waals surface area contributed by atoms with Gasteiger partial charge in [0.15, 0.2) is 0 Å². The highest BCUT2D eigenvalue weighted by molar-refractivity contribution is 5.69. The maximum absolute atomic E-state index is 12.5. The third kappa shape index (κ3) is 3.00. The number of hydrogen-bond donors (Lipinski definition) is 1. The Bertz CT molecular complexity index is 844. The van der Waals surface area contributed by atoms with Crippen LogP contribution in [-0.4, -0.2) is 9.78 Å². The predicted octanol–water partition coefficient (Wildman–Crippen LogP) is 4.48. The highest BCUT2D eigenvalue weighted by Crippen LogP contribution is 2.28. The topological polar surface area (TPSA) is 37.8 Å². The number of nitrogens with zero attached hydrogens (tertiary/aromatic N) is 1. The van der Waals surface area contributed by atoms with E-state index < -0.39 is 0 Å². The molecule has 0 aliphatic heterocycles. The molecule has 1 N–H and O–H groups in total. The maximum Gasteiger partial charge on any atom is 0.268 e. The molecule has 3 nitrogen and oxygen atoms in total. The minimum absolute atomic E-state index is 0.0144. The number of nitrogens with one attached hydrogen (secondary N) is 1. The summed E-state index contributed by atoms with van der Waals surface area (Å²) < 4.78 is 1.93. The van der Waals surface area contributed by atoms with E-state index in [1.807, 2.05) is 47.1 Å². The van der Waals surface area contributed by atoms with Crippen molar-refractivity contribution in [3.05, 3.63) is 76.1 Å². The zero-order chi connectivity index (χ0) is 16.2. The fourth-order valence-corrected chi connectivity index (χ4v) is 2.95. The van der Waals surface area contributed by atoms with Crippen LogP contribution in [0.2, 0.25) is 0 Å². The summed E-state index contributed by atoms with van der Waals surface area (Å²) in [4.78, 5) is 12.5. The molecule has 0 fully saturated rings. The smallest absolute Gasteiger partial charge is 0.268 e. The average Bonchev–Trinajstić information content (AvgIpc) is 2.90. The molecule has 23 heavy (non-hydrogen) atoms. The van der Waals surface area contributed by atoms with Crippen LogP contribution in [0.5, 0.6) is 0 Å². The Balaban J connectivity index is 2.25. The standard InChI is InChI=1S/C20H22N2O/c1-3-4-13-18-19(17-14-9-8-10-15(17)2)22(21-20(18)23)16-11-6-5-7-12-16/h5-12,14H,3-4,13H2,1-2H3,(H,21,23). The second-order valence-corrected chi connectivity index (χ2v) is 5.86. The van der Waals surface area contributed by atoms with E-state index in [1.54, 1.807) is 0 Å². The van der Waals surface area contributed by atoms with Crippen LogP contribution in [-0.2, 0) is 6.42 Å². The van der Waals surface area contributed by atoms with Crippen LogP contribution in [0.3, 0.4) is 0 Å². The van der Waals surface area contributed by atoms with Gasteiger partial charge in [-0.3, -0.25) is 14.6 Å². The first-order valence-electron chi connectivity index (χ1n) is 8.17. The van der Waals surface area contributed by atoms with Gasteiger partial charge in [0.1, 0.15) is 0 Å². The fraction of sp³-hybridized carbons (Fsp3) is 0.250. The number of benzene rings is 2. The second kappa shape index (κ2) is 6.69. The SMILES string of the molecule is CCCCc1c(-c2ccccc2C)n(-c2ccccc2)[nH]c1=O. The molecular weight excluding hydrogens is 284 g/mol. The molecular formula is C20H22N2O. The third-order valence-electron chi connectivity index (χ3n) is 4.19. The van der Waals surface area contributed by atoms with Crippen LogP contribution in [0.4, 0.5) is 0 Å². The van der Waals surface area contributed by atoms with E-state index in [4.69, 9.17) is 0 Å². The van der Waals surface area contributed by atoms with E-state index in [9.17, 15) is 4.79 Å². The largest absolute Gasteiger partial charge is 0.268 e. The quantitative estimate of drug-likeness (QED) is 0.741. The molecule has 0 aliphatic rings. The summed E-state index contributed by atoms with van der Waals surface area (Å²) in [6, 6.07) is 18.2. The Morgan fingerprint density at radius 3 is 2.39 bits per heavy atom. The number of aryl methyl sites for hydroxylation is 1. The van der Waals surface area contributed by atoms with Crippen molar-refractivity contribution in [2.45, 2.75) is 33.1 Å². The zero-order valence-corrected chi connectivity index (χ0v) is 13.7. The summed E-state index contributed by atoms with van der Waals surface area (Å²) >= 11 is 0. The first-order chi connectivity index (χ1) is 11.2. The molecule has 0 radical (unpaired) electrons. The van der Waals surface area contributed by atoms with E-state index in [0.29, 0.717) is 0 Å². The minimum atomic E-state index is 0.0144. The summed E-state index contributed by atoms with van der Waals surface area (Å²) in [6.07, 6.45) is 2.89. The summed E-state index contributed by atoms with van der Waals surface area (Å²) in [7, 11) is 0. The Morgan fingerprint density at radius 2 is 1.70 bits per heavy atom. The van der Waals surface area contributed by atoms with Crippen molar-refractivity contribution in [2.24, 2.45) is 0 Å². The van der Waals surface area contributed by atoms with E-state index in [1.165, 1.54) is 5.56 Å². The number of rotatable bonds is 5. The highest BCUT2D eigenvalue weighted by atomic mass is 16.1. The summed E-state index contributed by atoms with van der Waals surface area (Å²) in [5.74, 6) is 0. The van der Waals surface area contributed by atoms with Gasteiger partial charge in [0.25, 0.3) is 5.56 Å². The molecule has 0 saturated heterocycles. The number of unbranched alkanes of at least 4 members (excludes halogenated alkanes) is 1. The number of H-pyrrole nitrogens is 1. The maximum atomic E-state index is 12.5. The van der Waals surface area contributed by atoms with Gasteiger partial charge in [0.2, 0.25) is 0 Å². The van der Waals surface area contributed by atoms with Crippen molar-refractivity contribution < 1.29 is 0 Å². The first kappa shape index (κ1) is 15.3. The van der Waals surface area contributed by atoms with Crippen molar-refractivity contribution >= 4 is 0 Å². The molecule has 3 heteroatoms. The Labute approximate surface area is 136 Å². The van der Waals surface area contributed by atoms with Crippen LogP contribution in [0, 0.1) is 6.92 Å². The molecule has 2 aromatic carbocycles. The van der Waals surface area contributed by atoms with Gasteiger partial charge in [0, 0.05) is 11.1 Å². The summed E-state index contributed by atoms with van der Waals surface area (Å²) in [5, 5.41) is 3.03. The van der Waals surface area contributed by atoms with E-state index in [-0.39, 0.29) is 5.56 Å². The number of hydrogen-bond acceptors (Lipinski definition) is 1. The van der Waals surface area contributed by atoms with Crippen molar-refractivity contribution in [2.75, 3.05) is 0 Å². The molecule has 118 valence electrons. The average molecular weight is 306 g/mol. The van der Waals surface area contributed by atoms with Crippen LogP contribution in [0.25, 0.3) is 16.9 Å². The molecule has 1 aromatic heterocycles. The van der Waals surface area contributed by atoms with Crippen molar-refractivity contribution in [3.63, 3.8) is 0 Å². The first-order valence-corrected chi connectivity index (χ1v) is 8.17. The summed E-state index contributed by atoms with van der Waals surface area (Å²) in [5.41, 5.74) is 5.15. The van der Waals surface area contributed by atoms with E-state index >= 15 is 0 Å². The highest BCUT2D eigenvalue weighted by Gasteiger charge is 2.18. The molecule has 0 atom stereocenters. The van der Waals surface area contributed by atoms with Crippen molar-refractivity contribution in [1.29, 1.82) is 0 Å². The lowest BCUT2D eigenvalue weighted by Crippen LogP contribution is -2.07. The second-order valence-electron chi connectivity index (χ2n) is 5.86. The van der Waals surface area contributed by atoms with Gasteiger partial charge < -0.3 is 0 Å². The molecule has 0 amide bonds. The minimum Gasteiger partial charge on any atom is -0.268 e. The summed E-state index contributed by atoms with van der Waals surface area (Å²) in [6.45, 7) is 4.24. The number of para-hydroxylation sites is 1. The monoisotopic (exact) mass is 306 g/mol. The lowest BCUT2D eigenvalue weighted by atomic mass is 9.99. The lowest BCUT2D eigenvalue weighted by molar-refractivity contribution is 0.792. The normalized spacial score (nSPS) is 10.9. The fourth-order valence-electron chi connectivity index (χ4n) is 2.95. The molecule has 0 saturated carbocycles. The molecule has 0 unspecified atom stereocenters. The van der Waals surface area contributed by atoms with Gasteiger partial charge in [-0.15, -0.1) is 0 Å². The Morgan fingerprint density at radius 1 is 1.00 bits per heavy atom. The molecule has 3 aromatic rings. The van der Waals surface area contributed by atoms with E-state index in [2.05, 4.69) is 31.1 Å². The van der Waals surface area contributed by atoms with Crippen molar-refractivity contribution in [3.8, 4) is 16.9 Å². The van der Waals surface area contributed by atoms with Crippen LogP contribution in [0.15, 0.2) is 59.4 Å². The number of aromatic amines is 1. The molecule has 0 aliphatic carbocycles. The van der Waals surface area contributed by atoms with Gasteiger partial charge >= 0.3 is 0 Å². The van der Waals surface area contributed by atoms with Gasteiger partial charge in [0.05, 0.1) is 11.4 Å². The van der Waals surface area contributed by atoms with Gasteiger partial charge in [-0.05, 0) is 37.5 Å². The van der Waals surface area contributed by atoms with Gasteiger partial charge in [-0.1, -0.05) is 55.8 Å². The molecule has 3 rings (SSSR count). The molecule has 0 bridgehead atoms. The molecule has 0 spiro atoms. The van der Waals surface area contributed by atoms with Crippen molar-refractivity contribution in [1.82, 2.24) is 9.78 Å². The van der Waals surface area contributed by atoms with Crippen LogP contribution >= 0.6 is 0 Å². The lowest BCUT2D eigenvalue weighted by Gasteiger charge is -2.12. The zero-order valence-electron chi connectivity index (χ0n) is 13.7. The Hall–Kier alpha value is -2.55.